The molecule has 2 amide bonds. The molecule has 1 atom stereocenters. The molecule has 5 heteroatoms. The van der Waals surface area contributed by atoms with Gasteiger partial charge in [-0.15, -0.1) is 0 Å². The number of benzene rings is 2. The first-order valence-corrected chi connectivity index (χ1v) is 9.04. The molecule has 0 spiro atoms. The number of rotatable bonds is 4. The summed E-state index contributed by atoms with van der Waals surface area (Å²) in [5.74, 6) is 0.710. The monoisotopic (exact) mass is 351 g/mol. The van der Waals surface area contributed by atoms with Crippen LogP contribution in [0.4, 0.5) is 4.79 Å². The lowest BCUT2D eigenvalue weighted by Gasteiger charge is -2.06. The molecule has 1 fully saturated rings. The van der Waals surface area contributed by atoms with E-state index in [0.717, 1.165) is 40.5 Å². The first kappa shape index (κ1) is 16.0. The van der Waals surface area contributed by atoms with Crippen molar-refractivity contribution in [2.75, 3.05) is 0 Å². The lowest BCUT2D eigenvalue weighted by Crippen LogP contribution is -2.25. The Morgan fingerprint density at radius 2 is 1.88 bits per heavy atom. The van der Waals surface area contributed by atoms with Crippen LogP contribution in [-0.2, 0) is 17.6 Å². The van der Waals surface area contributed by atoms with Gasteiger partial charge in [0.15, 0.2) is 0 Å². The molecule has 1 saturated heterocycles. The molecule has 1 N–H and O–H groups in total. The van der Waals surface area contributed by atoms with Gasteiger partial charge in [0.25, 0.3) is 5.24 Å². The van der Waals surface area contributed by atoms with E-state index >= 15 is 0 Å². The summed E-state index contributed by atoms with van der Waals surface area (Å²) in [6.07, 6.45) is 1.34. The Morgan fingerprint density at radius 1 is 1.08 bits per heavy atom. The number of imide groups is 1. The highest BCUT2D eigenvalue weighted by Gasteiger charge is 2.31. The summed E-state index contributed by atoms with van der Waals surface area (Å²) in [6, 6.07) is 16.3. The molecule has 0 bridgehead atoms. The average Bonchev–Trinajstić information content (AvgIpc) is 3.07. The second-order valence-electron chi connectivity index (χ2n) is 6.22. The van der Waals surface area contributed by atoms with Gasteiger partial charge in [-0.1, -0.05) is 48.2 Å². The molecular weight excluding hydrogens is 334 g/mol. The minimum Gasteiger partial charge on any atom is -0.461 e. The van der Waals surface area contributed by atoms with Gasteiger partial charge in [0.1, 0.15) is 11.3 Å². The molecule has 4 nitrogen and oxygen atoms in total. The fourth-order valence-corrected chi connectivity index (χ4v) is 4.07. The Labute approximate surface area is 149 Å². The topological polar surface area (TPSA) is 59.3 Å². The molecule has 2 heterocycles. The summed E-state index contributed by atoms with van der Waals surface area (Å²) in [5, 5.41) is 2.80. The predicted molar refractivity (Wildman–Crippen MR) is 98.8 cm³/mol. The van der Waals surface area contributed by atoms with Gasteiger partial charge in [-0.05, 0) is 36.6 Å². The molecule has 126 valence electrons. The molecular formula is C20H17NO3S. The van der Waals surface area contributed by atoms with E-state index in [1.54, 1.807) is 0 Å². The molecule has 0 saturated carbocycles. The van der Waals surface area contributed by atoms with Crippen molar-refractivity contribution < 1.29 is 14.0 Å². The minimum atomic E-state index is -0.351. The zero-order valence-electron chi connectivity index (χ0n) is 13.7. The van der Waals surface area contributed by atoms with Crippen molar-refractivity contribution in [3.8, 4) is 0 Å². The molecule has 1 aliphatic heterocycles. The number of amides is 2. The van der Waals surface area contributed by atoms with Gasteiger partial charge in [0, 0.05) is 17.4 Å². The highest BCUT2D eigenvalue weighted by Crippen LogP contribution is 2.30. The second-order valence-corrected chi connectivity index (χ2v) is 7.39. The molecule has 2 aromatic carbocycles. The van der Waals surface area contributed by atoms with Gasteiger partial charge in [-0.2, -0.15) is 0 Å². The van der Waals surface area contributed by atoms with Crippen LogP contribution in [0.25, 0.3) is 11.0 Å². The molecule has 3 aromatic rings. The average molecular weight is 351 g/mol. The Bertz CT molecular complexity index is 962. The Balaban J connectivity index is 1.66. The van der Waals surface area contributed by atoms with Crippen LogP contribution in [0.3, 0.4) is 0 Å². The largest absolute Gasteiger partial charge is 0.461 e. The summed E-state index contributed by atoms with van der Waals surface area (Å²) in [6.45, 7) is 1.98. The van der Waals surface area contributed by atoms with Crippen molar-refractivity contribution in [3.63, 3.8) is 0 Å². The molecule has 1 aromatic heterocycles. The Morgan fingerprint density at radius 3 is 2.60 bits per heavy atom. The fraction of sp³-hybridized carbons (Fsp3) is 0.200. The number of carbonyl (C=O) groups excluding carboxylic acids is 2. The van der Waals surface area contributed by atoms with Crippen molar-refractivity contribution in [3.05, 3.63) is 71.0 Å². The summed E-state index contributed by atoms with van der Waals surface area (Å²) in [4.78, 5) is 23.1. The molecule has 1 aliphatic rings. The maximum Gasteiger partial charge on any atom is 0.286 e. The zero-order valence-corrected chi connectivity index (χ0v) is 14.6. The molecule has 0 radical (unpaired) electrons. The first-order valence-electron chi connectivity index (χ1n) is 8.16. The zero-order chi connectivity index (χ0) is 17.4. The van der Waals surface area contributed by atoms with Gasteiger partial charge in [-0.3, -0.25) is 14.9 Å². The number of aryl methyl sites for hydroxylation is 1. The van der Waals surface area contributed by atoms with Gasteiger partial charge < -0.3 is 4.42 Å². The minimum absolute atomic E-state index is 0.206. The van der Waals surface area contributed by atoms with Gasteiger partial charge in [0.2, 0.25) is 5.91 Å². The third-order valence-corrected chi connectivity index (χ3v) is 5.45. The van der Waals surface area contributed by atoms with E-state index < -0.39 is 0 Å². The van der Waals surface area contributed by atoms with Gasteiger partial charge >= 0.3 is 0 Å². The smallest absolute Gasteiger partial charge is 0.286 e. The van der Waals surface area contributed by atoms with Crippen LogP contribution in [0, 0.1) is 6.92 Å². The number of hydrogen-bond donors (Lipinski definition) is 1. The number of nitrogens with one attached hydrogen (secondary N) is 1. The van der Waals surface area contributed by atoms with Crippen LogP contribution in [0.5, 0.6) is 0 Å². The van der Waals surface area contributed by atoms with Crippen molar-refractivity contribution in [1.82, 2.24) is 5.32 Å². The molecule has 25 heavy (non-hydrogen) atoms. The van der Waals surface area contributed by atoms with Crippen molar-refractivity contribution in [1.29, 1.82) is 0 Å². The molecule has 4 rings (SSSR count). The van der Waals surface area contributed by atoms with E-state index in [-0.39, 0.29) is 16.4 Å². The van der Waals surface area contributed by atoms with Crippen molar-refractivity contribution >= 4 is 33.9 Å². The van der Waals surface area contributed by atoms with Crippen LogP contribution in [0.15, 0.2) is 52.9 Å². The third kappa shape index (κ3) is 3.20. The fourth-order valence-electron chi connectivity index (χ4n) is 3.21. The standard InChI is InChI=1S/C20H17NO3S/c1-12-15(9-13-5-3-2-4-6-13)16-10-14(7-8-17(16)24-12)11-18-19(22)21-20(23)25-18/h2-8,10,18H,9,11H2,1H3,(H,21,22,23). The van der Waals surface area contributed by atoms with Crippen molar-refractivity contribution in [2.24, 2.45) is 0 Å². The Kier molecular flexibility index (Phi) is 4.09. The van der Waals surface area contributed by atoms with Crippen molar-refractivity contribution in [2.45, 2.75) is 25.0 Å². The lowest BCUT2D eigenvalue weighted by atomic mass is 9.99. The highest BCUT2D eigenvalue weighted by atomic mass is 32.2. The van der Waals surface area contributed by atoms with E-state index in [1.807, 2.05) is 37.3 Å². The van der Waals surface area contributed by atoms with E-state index in [0.29, 0.717) is 6.42 Å². The summed E-state index contributed by atoms with van der Waals surface area (Å²) in [7, 11) is 0. The summed E-state index contributed by atoms with van der Waals surface area (Å²) < 4.78 is 5.90. The second kappa shape index (κ2) is 6.41. The van der Waals surface area contributed by atoms with Crippen LogP contribution < -0.4 is 5.32 Å². The number of thioether (sulfide) groups is 1. The Hall–Kier alpha value is -2.53. The van der Waals surface area contributed by atoms with Crippen LogP contribution >= 0.6 is 11.8 Å². The van der Waals surface area contributed by atoms with Crippen LogP contribution in [0.2, 0.25) is 0 Å². The lowest BCUT2D eigenvalue weighted by molar-refractivity contribution is -0.118. The maximum atomic E-state index is 11.8. The maximum absolute atomic E-state index is 11.8. The van der Waals surface area contributed by atoms with Gasteiger partial charge in [0.05, 0.1) is 5.25 Å². The van der Waals surface area contributed by atoms with Gasteiger partial charge in [-0.25, -0.2) is 0 Å². The highest BCUT2D eigenvalue weighted by molar-refractivity contribution is 8.15. The molecule has 1 unspecified atom stereocenters. The molecule has 0 aliphatic carbocycles. The number of fused-ring (bicyclic) bond motifs is 1. The normalized spacial score (nSPS) is 17.2. The van der Waals surface area contributed by atoms with Crippen LogP contribution in [0.1, 0.15) is 22.5 Å². The van der Waals surface area contributed by atoms with E-state index in [4.69, 9.17) is 4.42 Å². The van der Waals surface area contributed by atoms with E-state index in [9.17, 15) is 9.59 Å². The number of furan rings is 1. The quantitative estimate of drug-likeness (QED) is 0.764. The first-order chi connectivity index (χ1) is 12.1. The van der Waals surface area contributed by atoms with E-state index in [2.05, 4.69) is 23.5 Å². The summed E-state index contributed by atoms with van der Waals surface area (Å²) in [5.41, 5.74) is 4.29. The van der Waals surface area contributed by atoms with Crippen LogP contribution in [-0.4, -0.2) is 16.4 Å². The third-order valence-electron chi connectivity index (χ3n) is 4.47. The summed E-state index contributed by atoms with van der Waals surface area (Å²) >= 11 is 1.06. The van der Waals surface area contributed by atoms with E-state index in [1.165, 1.54) is 11.1 Å². The number of hydrogen-bond acceptors (Lipinski definition) is 4. The predicted octanol–water partition coefficient (Wildman–Crippen LogP) is 4.23. The SMILES string of the molecule is Cc1oc2ccc(CC3SC(=O)NC3=O)cc2c1Cc1ccccc1. The number of carbonyl (C=O) groups is 2.